The van der Waals surface area contributed by atoms with E-state index in [2.05, 4.69) is 0 Å². The molecule has 2 saturated carbocycles. The van der Waals surface area contributed by atoms with Gasteiger partial charge in [0.2, 0.25) is 0 Å². The van der Waals surface area contributed by atoms with Crippen LogP contribution in [0.25, 0.3) is 0 Å². The van der Waals surface area contributed by atoms with Crippen LogP contribution in [0.1, 0.15) is 33.1 Å². The van der Waals surface area contributed by atoms with Gasteiger partial charge in [0.05, 0.1) is 18.4 Å². The van der Waals surface area contributed by atoms with E-state index < -0.39 is 17.8 Å². The van der Waals surface area contributed by atoms with Crippen molar-refractivity contribution in [3.63, 3.8) is 0 Å². The molecule has 0 aromatic heterocycles. The summed E-state index contributed by atoms with van der Waals surface area (Å²) in [5.41, 5.74) is 0. The van der Waals surface area contributed by atoms with Gasteiger partial charge in [-0.25, -0.2) is 0 Å². The number of aliphatic carboxylic acids is 1. The van der Waals surface area contributed by atoms with Crippen molar-refractivity contribution >= 4 is 11.9 Å². The average Bonchev–Trinajstić information content (AvgIpc) is 2.84. The zero-order chi connectivity index (χ0) is 12.6. The molecule has 0 saturated heterocycles. The van der Waals surface area contributed by atoms with Gasteiger partial charge in [0.15, 0.2) is 0 Å². The molecular weight excluding hydrogens is 220 g/mol. The molecule has 0 aromatic rings. The maximum absolute atomic E-state index is 12.0. The number of hydrogen-bond donors (Lipinski definition) is 1. The van der Waals surface area contributed by atoms with E-state index in [-0.39, 0.29) is 17.8 Å². The van der Waals surface area contributed by atoms with Crippen molar-refractivity contribution in [2.24, 2.45) is 29.6 Å². The summed E-state index contributed by atoms with van der Waals surface area (Å²) >= 11 is 0. The minimum atomic E-state index is -0.830. The minimum Gasteiger partial charge on any atom is -0.481 e. The van der Waals surface area contributed by atoms with Crippen LogP contribution in [0.4, 0.5) is 0 Å². The van der Waals surface area contributed by atoms with Gasteiger partial charge in [0.1, 0.15) is 0 Å². The molecule has 2 fully saturated rings. The molecule has 0 aromatic carbocycles. The summed E-state index contributed by atoms with van der Waals surface area (Å²) in [6.45, 7) is 4.34. The van der Waals surface area contributed by atoms with Crippen LogP contribution in [0.5, 0.6) is 0 Å². The summed E-state index contributed by atoms with van der Waals surface area (Å²) in [7, 11) is 0. The summed E-state index contributed by atoms with van der Waals surface area (Å²) in [6, 6.07) is 0. The predicted molar refractivity (Wildman–Crippen MR) is 61.2 cm³/mol. The molecule has 2 aliphatic rings. The lowest BCUT2D eigenvalue weighted by Crippen LogP contribution is -2.36. The normalized spacial score (nSPS) is 35.2. The Hall–Kier alpha value is -1.06. The van der Waals surface area contributed by atoms with Crippen LogP contribution in [0, 0.1) is 29.6 Å². The average molecular weight is 240 g/mol. The fourth-order valence-electron chi connectivity index (χ4n) is 3.33. The van der Waals surface area contributed by atoms with Crippen LogP contribution in [-0.4, -0.2) is 23.7 Å². The van der Waals surface area contributed by atoms with Gasteiger partial charge >= 0.3 is 11.9 Å². The van der Waals surface area contributed by atoms with Crippen molar-refractivity contribution in [2.75, 3.05) is 6.61 Å². The lowest BCUT2D eigenvalue weighted by atomic mass is 9.79. The molecule has 96 valence electrons. The van der Waals surface area contributed by atoms with Crippen molar-refractivity contribution in [3.05, 3.63) is 0 Å². The van der Waals surface area contributed by atoms with E-state index in [9.17, 15) is 14.7 Å². The SMILES string of the molecule is CC(C)COC(=O)C1C2CCC(C2)C1C(=O)O. The number of carboxylic acid groups (broad SMARTS) is 1. The van der Waals surface area contributed by atoms with Crippen molar-refractivity contribution < 1.29 is 19.4 Å². The first-order chi connectivity index (χ1) is 8.00. The second-order valence-corrected chi connectivity index (χ2v) is 5.75. The maximum Gasteiger partial charge on any atom is 0.310 e. The molecule has 1 N–H and O–H groups in total. The van der Waals surface area contributed by atoms with Crippen LogP contribution in [0.2, 0.25) is 0 Å². The summed E-state index contributed by atoms with van der Waals surface area (Å²) in [5, 5.41) is 9.22. The zero-order valence-electron chi connectivity index (χ0n) is 10.4. The van der Waals surface area contributed by atoms with E-state index in [1.807, 2.05) is 13.8 Å². The molecule has 0 heterocycles. The third-order valence-corrected chi connectivity index (χ3v) is 4.03. The molecule has 17 heavy (non-hydrogen) atoms. The van der Waals surface area contributed by atoms with E-state index in [0.717, 1.165) is 19.3 Å². The van der Waals surface area contributed by atoms with Crippen LogP contribution in [0.15, 0.2) is 0 Å². The smallest absolute Gasteiger partial charge is 0.310 e. The Kier molecular flexibility index (Phi) is 3.40. The Morgan fingerprint density at radius 3 is 2.35 bits per heavy atom. The van der Waals surface area contributed by atoms with E-state index in [4.69, 9.17) is 4.74 Å². The standard InChI is InChI=1S/C13H20O4/c1-7(2)6-17-13(16)11-9-4-3-8(5-9)10(11)12(14)15/h7-11H,3-6H2,1-2H3,(H,14,15). The highest BCUT2D eigenvalue weighted by Gasteiger charge is 2.54. The van der Waals surface area contributed by atoms with E-state index in [1.165, 1.54) is 0 Å². The summed E-state index contributed by atoms with van der Waals surface area (Å²) in [6.07, 6.45) is 2.82. The van der Waals surface area contributed by atoms with Gasteiger partial charge < -0.3 is 9.84 Å². The van der Waals surface area contributed by atoms with Gasteiger partial charge in [0.25, 0.3) is 0 Å². The maximum atomic E-state index is 12.0. The Labute approximate surface area is 101 Å². The van der Waals surface area contributed by atoms with Crippen molar-refractivity contribution in [1.82, 2.24) is 0 Å². The highest BCUT2D eigenvalue weighted by Crippen LogP contribution is 2.52. The molecule has 4 atom stereocenters. The number of carbonyl (C=O) groups is 2. The Morgan fingerprint density at radius 1 is 1.24 bits per heavy atom. The number of carbonyl (C=O) groups excluding carboxylic acids is 1. The molecule has 4 unspecified atom stereocenters. The number of fused-ring (bicyclic) bond motifs is 2. The number of rotatable bonds is 4. The van der Waals surface area contributed by atoms with Gasteiger partial charge in [-0.2, -0.15) is 0 Å². The fourth-order valence-corrected chi connectivity index (χ4v) is 3.33. The molecule has 4 heteroatoms. The fraction of sp³-hybridized carbons (Fsp3) is 0.846. The predicted octanol–water partition coefficient (Wildman–Crippen LogP) is 1.93. The van der Waals surface area contributed by atoms with Crippen molar-refractivity contribution in [3.8, 4) is 0 Å². The molecule has 0 amide bonds. The Balaban J connectivity index is 2.03. The first-order valence-corrected chi connectivity index (χ1v) is 6.40. The quantitative estimate of drug-likeness (QED) is 0.763. The second-order valence-electron chi connectivity index (χ2n) is 5.75. The first kappa shape index (κ1) is 12.4. The highest BCUT2D eigenvalue weighted by atomic mass is 16.5. The van der Waals surface area contributed by atoms with E-state index >= 15 is 0 Å². The van der Waals surface area contributed by atoms with Gasteiger partial charge in [-0.3, -0.25) is 9.59 Å². The van der Waals surface area contributed by atoms with Crippen LogP contribution in [-0.2, 0) is 14.3 Å². The molecule has 0 spiro atoms. The van der Waals surface area contributed by atoms with Crippen LogP contribution < -0.4 is 0 Å². The third-order valence-electron chi connectivity index (χ3n) is 4.03. The van der Waals surface area contributed by atoms with Crippen LogP contribution in [0.3, 0.4) is 0 Å². The molecule has 4 nitrogen and oxygen atoms in total. The van der Waals surface area contributed by atoms with Crippen LogP contribution >= 0.6 is 0 Å². The van der Waals surface area contributed by atoms with E-state index in [0.29, 0.717) is 12.5 Å². The van der Waals surface area contributed by atoms with Gasteiger partial charge in [-0.1, -0.05) is 13.8 Å². The van der Waals surface area contributed by atoms with Crippen molar-refractivity contribution in [1.29, 1.82) is 0 Å². The van der Waals surface area contributed by atoms with E-state index in [1.54, 1.807) is 0 Å². The molecular formula is C13H20O4. The number of esters is 1. The minimum absolute atomic E-state index is 0.189. The molecule has 2 aliphatic carbocycles. The first-order valence-electron chi connectivity index (χ1n) is 6.40. The third kappa shape index (κ3) is 2.31. The Morgan fingerprint density at radius 2 is 1.82 bits per heavy atom. The highest BCUT2D eigenvalue weighted by molar-refractivity contribution is 5.82. The number of hydrogen-bond acceptors (Lipinski definition) is 3. The topological polar surface area (TPSA) is 63.6 Å². The number of ether oxygens (including phenoxy) is 1. The van der Waals surface area contributed by atoms with Crippen molar-refractivity contribution in [2.45, 2.75) is 33.1 Å². The molecule has 2 rings (SSSR count). The largest absolute Gasteiger partial charge is 0.481 e. The lowest BCUT2D eigenvalue weighted by Gasteiger charge is -2.26. The molecule has 0 radical (unpaired) electrons. The summed E-state index contributed by atoms with van der Waals surface area (Å²) in [4.78, 5) is 23.2. The zero-order valence-corrected chi connectivity index (χ0v) is 10.4. The molecule has 0 aliphatic heterocycles. The van der Waals surface area contributed by atoms with Gasteiger partial charge in [0, 0.05) is 0 Å². The second kappa shape index (κ2) is 4.67. The molecule has 2 bridgehead atoms. The van der Waals surface area contributed by atoms with Gasteiger partial charge in [-0.05, 0) is 37.0 Å². The monoisotopic (exact) mass is 240 g/mol. The lowest BCUT2D eigenvalue weighted by molar-refractivity contribution is -0.161. The summed E-state index contributed by atoms with van der Waals surface area (Å²) in [5.74, 6) is -1.31. The number of carboxylic acids is 1. The van der Waals surface area contributed by atoms with Gasteiger partial charge in [-0.15, -0.1) is 0 Å². The summed E-state index contributed by atoms with van der Waals surface area (Å²) < 4.78 is 5.22. The Bertz CT molecular complexity index is 323.